The highest BCUT2D eigenvalue weighted by atomic mass is 35.5. The van der Waals surface area contributed by atoms with Crippen molar-refractivity contribution >= 4 is 29.6 Å². The smallest absolute Gasteiger partial charge is 0.331 e. The zero-order valence-electron chi connectivity index (χ0n) is 15.1. The van der Waals surface area contributed by atoms with Crippen molar-refractivity contribution in [3.05, 3.63) is 75.8 Å². The van der Waals surface area contributed by atoms with E-state index in [1.54, 1.807) is 30.3 Å². The molecule has 26 heavy (non-hydrogen) atoms. The molecule has 2 aromatic rings. The summed E-state index contributed by atoms with van der Waals surface area (Å²) in [4.78, 5) is 23.7. The number of benzene rings is 2. The topological polar surface area (TPSA) is 55.4 Å². The van der Waals surface area contributed by atoms with Crippen molar-refractivity contribution < 1.29 is 14.3 Å². The molecule has 136 valence electrons. The van der Waals surface area contributed by atoms with Gasteiger partial charge in [-0.1, -0.05) is 41.9 Å². The van der Waals surface area contributed by atoms with Crippen LogP contribution in [0.15, 0.2) is 48.5 Å². The Bertz CT molecular complexity index is 813. The van der Waals surface area contributed by atoms with E-state index in [2.05, 4.69) is 5.32 Å². The summed E-state index contributed by atoms with van der Waals surface area (Å²) in [5, 5.41) is 3.45. The van der Waals surface area contributed by atoms with Crippen LogP contribution in [-0.4, -0.2) is 18.5 Å². The van der Waals surface area contributed by atoms with Crippen LogP contribution in [0, 0.1) is 13.8 Å². The van der Waals surface area contributed by atoms with E-state index in [9.17, 15) is 9.59 Å². The lowest BCUT2D eigenvalue weighted by molar-refractivity contribution is -0.144. The molecule has 0 heterocycles. The molecule has 0 fully saturated rings. The van der Waals surface area contributed by atoms with Crippen molar-refractivity contribution in [3.63, 3.8) is 0 Å². The van der Waals surface area contributed by atoms with Crippen LogP contribution in [0.2, 0.25) is 5.02 Å². The van der Waals surface area contributed by atoms with E-state index < -0.39 is 5.97 Å². The fraction of sp³-hybridized carbons (Fsp3) is 0.238. The second-order valence-electron chi connectivity index (χ2n) is 6.13. The maximum absolute atomic E-state index is 12.0. The van der Waals surface area contributed by atoms with Gasteiger partial charge in [0.05, 0.1) is 6.04 Å². The number of rotatable bonds is 6. The highest BCUT2D eigenvalue weighted by molar-refractivity contribution is 6.30. The molecule has 0 aliphatic carbocycles. The Morgan fingerprint density at radius 3 is 2.46 bits per heavy atom. The van der Waals surface area contributed by atoms with E-state index >= 15 is 0 Å². The van der Waals surface area contributed by atoms with Crippen LogP contribution in [0.3, 0.4) is 0 Å². The minimum atomic E-state index is -0.575. The molecule has 4 nitrogen and oxygen atoms in total. The fourth-order valence-corrected chi connectivity index (χ4v) is 2.45. The maximum Gasteiger partial charge on any atom is 0.331 e. The summed E-state index contributed by atoms with van der Waals surface area (Å²) in [6, 6.07) is 12.9. The monoisotopic (exact) mass is 371 g/mol. The molecule has 0 radical (unpaired) electrons. The number of aryl methyl sites for hydroxylation is 2. The predicted molar refractivity (Wildman–Crippen MR) is 104 cm³/mol. The Morgan fingerprint density at radius 2 is 1.81 bits per heavy atom. The van der Waals surface area contributed by atoms with Crippen molar-refractivity contribution in [2.75, 3.05) is 6.61 Å². The van der Waals surface area contributed by atoms with Crippen molar-refractivity contribution in [2.45, 2.75) is 26.8 Å². The number of hydrogen-bond donors (Lipinski definition) is 1. The number of carbonyl (C=O) groups is 2. The first-order valence-corrected chi connectivity index (χ1v) is 8.70. The van der Waals surface area contributed by atoms with Gasteiger partial charge in [0.2, 0.25) is 0 Å². The van der Waals surface area contributed by atoms with Gasteiger partial charge in [0.25, 0.3) is 5.91 Å². The predicted octanol–water partition coefficient (Wildman–Crippen LogP) is 4.39. The molecule has 0 spiro atoms. The third-order valence-electron chi connectivity index (χ3n) is 4.04. The molecule has 1 atom stereocenters. The van der Waals surface area contributed by atoms with Gasteiger partial charge in [-0.25, -0.2) is 4.79 Å². The Hall–Kier alpha value is -2.59. The number of carbonyl (C=O) groups excluding carboxylic acids is 2. The van der Waals surface area contributed by atoms with Gasteiger partial charge in [-0.05, 0) is 61.2 Å². The first kappa shape index (κ1) is 19.7. The van der Waals surface area contributed by atoms with E-state index in [1.807, 2.05) is 39.0 Å². The third kappa shape index (κ3) is 6.05. The van der Waals surface area contributed by atoms with Crippen molar-refractivity contribution in [2.24, 2.45) is 0 Å². The lowest BCUT2D eigenvalue weighted by Gasteiger charge is -2.15. The van der Waals surface area contributed by atoms with Crippen LogP contribution in [0.25, 0.3) is 6.08 Å². The Morgan fingerprint density at radius 1 is 1.12 bits per heavy atom. The van der Waals surface area contributed by atoms with Crippen molar-refractivity contribution in [1.29, 1.82) is 0 Å². The van der Waals surface area contributed by atoms with E-state index in [0.29, 0.717) is 5.02 Å². The summed E-state index contributed by atoms with van der Waals surface area (Å²) >= 11 is 5.80. The zero-order chi connectivity index (χ0) is 19.1. The van der Waals surface area contributed by atoms with Gasteiger partial charge in [0, 0.05) is 11.1 Å². The number of amides is 1. The first-order chi connectivity index (χ1) is 12.3. The maximum atomic E-state index is 12.0. The van der Waals surface area contributed by atoms with Gasteiger partial charge in [-0.3, -0.25) is 4.79 Å². The quantitative estimate of drug-likeness (QED) is 0.605. The molecular formula is C21H22ClNO3. The number of ether oxygens (including phenoxy) is 1. The van der Waals surface area contributed by atoms with Gasteiger partial charge in [0.15, 0.2) is 6.61 Å². The molecule has 5 heteroatoms. The summed E-state index contributed by atoms with van der Waals surface area (Å²) in [5.41, 5.74) is 4.20. The van der Waals surface area contributed by atoms with Gasteiger partial charge in [-0.15, -0.1) is 0 Å². The Balaban J connectivity index is 1.81. The zero-order valence-corrected chi connectivity index (χ0v) is 15.8. The number of esters is 1. The molecule has 0 bridgehead atoms. The van der Waals surface area contributed by atoms with E-state index in [0.717, 1.165) is 11.1 Å². The Labute approximate surface area is 158 Å². The molecule has 0 aliphatic rings. The van der Waals surface area contributed by atoms with Crippen LogP contribution < -0.4 is 5.32 Å². The van der Waals surface area contributed by atoms with Crippen LogP contribution in [0.4, 0.5) is 0 Å². The van der Waals surface area contributed by atoms with Gasteiger partial charge in [0.1, 0.15) is 0 Å². The average molecular weight is 372 g/mol. The highest BCUT2D eigenvalue weighted by Gasteiger charge is 2.11. The molecule has 1 N–H and O–H groups in total. The summed E-state index contributed by atoms with van der Waals surface area (Å²) < 4.78 is 4.97. The van der Waals surface area contributed by atoms with Crippen LogP contribution in [-0.2, 0) is 14.3 Å². The molecular weight excluding hydrogens is 350 g/mol. The largest absolute Gasteiger partial charge is 0.452 e. The number of nitrogens with one attached hydrogen (secondary N) is 1. The first-order valence-electron chi connectivity index (χ1n) is 8.32. The summed E-state index contributed by atoms with van der Waals surface area (Å²) in [7, 11) is 0. The van der Waals surface area contributed by atoms with Crippen molar-refractivity contribution in [1.82, 2.24) is 5.32 Å². The summed E-state index contributed by atoms with van der Waals surface area (Å²) in [6.45, 7) is 5.64. The summed E-state index contributed by atoms with van der Waals surface area (Å²) in [6.07, 6.45) is 2.89. The molecule has 2 rings (SSSR count). The summed E-state index contributed by atoms with van der Waals surface area (Å²) in [5.74, 6) is -0.919. The fourth-order valence-electron chi connectivity index (χ4n) is 2.32. The second kappa shape index (κ2) is 9.20. The van der Waals surface area contributed by atoms with Crippen LogP contribution >= 0.6 is 11.6 Å². The molecule has 2 aromatic carbocycles. The minimum Gasteiger partial charge on any atom is -0.452 e. The van der Waals surface area contributed by atoms with Gasteiger partial charge in [-0.2, -0.15) is 0 Å². The normalized spacial score (nSPS) is 12.0. The molecule has 0 unspecified atom stereocenters. The van der Waals surface area contributed by atoms with Crippen LogP contribution in [0.1, 0.15) is 35.2 Å². The molecule has 0 aliphatic heterocycles. The number of halogens is 1. The van der Waals surface area contributed by atoms with Gasteiger partial charge >= 0.3 is 5.97 Å². The number of hydrogen-bond acceptors (Lipinski definition) is 3. The standard InChI is InChI=1S/C21H22ClNO3/c1-14-4-8-18(12-15(14)2)16(3)23-20(24)13-26-21(25)11-7-17-5-9-19(22)10-6-17/h4-12,16H,13H2,1-3H3,(H,23,24)/b11-7+/t16-/m1/s1. The SMILES string of the molecule is Cc1ccc([C@@H](C)NC(=O)COC(=O)/C=C/c2ccc(Cl)cc2)cc1C. The van der Waals surface area contributed by atoms with Crippen LogP contribution in [0.5, 0.6) is 0 Å². The molecule has 0 aromatic heterocycles. The van der Waals surface area contributed by atoms with E-state index in [1.165, 1.54) is 17.2 Å². The lowest BCUT2D eigenvalue weighted by atomic mass is 10.0. The van der Waals surface area contributed by atoms with Crippen molar-refractivity contribution in [3.8, 4) is 0 Å². The molecule has 1 amide bonds. The lowest BCUT2D eigenvalue weighted by Crippen LogP contribution is -2.31. The third-order valence-corrected chi connectivity index (χ3v) is 4.29. The minimum absolute atomic E-state index is 0.162. The highest BCUT2D eigenvalue weighted by Crippen LogP contribution is 2.16. The second-order valence-corrected chi connectivity index (χ2v) is 6.56. The van der Waals surface area contributed by atoms with E-state index in [-0.39, 0.29) is 18.6 Å². The molecule has 0 saturated carbocycles. The van der Waals surface area contributed by atoms with Gasteiger partial charge < -0.3 is 10.1 Å². The average Bonchev–Trinajstić information content (AvgIpc) is 2.61. The molecule has 0 saturated heterocycles. The Kier molecular flexibility index (Phi) is 6.98. The van der Waals surface area contributed by atoms with E-state index in [4.69, 9.17) is 16.3 Å².